The standard InChI is InChI=1S/C18H16N2O2/c1-9-4-12-11(6-16(9)21)7-17-13(12)5-10-2-3-15(20)14(8-19)18(10)22-17/h2-4,6,13,17,21H,5,7,20H2,1H3. The van der Waals surface area contributed by atoms with E-state index in [4.69, 9.17) is 10.5 Å². The second-order valence-corrected chi connectivity index (χ2v) is 6.14. The Kier molecular flexibility index (Phi) is 2.61. The molecule has 0 aromatic heterocycles. The molecule has 0 saturated heterocycles. The number of aryl methyl sites for hydroxylation is 1. The predicted octanol–water partition coefficient (Wildman–Crippen LogP) is 2.80. The van der Waals surface area contributed by atoms with Crippen molar-refractivity contribution < 1.29 is 9.84 Å². The Hall–Kier alpha value is -2.67. The normalized spacial score (nSPS) is 21.3. The van der Waals surface area contributed by atoms with Gasteiger partial charge in [0.1, 0.15) is 29.2 Å². The number of hydrogen-bond acceptors (Lipinski definition) is 4. The van der Waals surface area contributed by atoms with Crippen molar-refractivity contribution in [3.63, 3.8) is 0 Å². The van der Waals surface area contributed by atoms with E-state index in [1.54, 1.807) is 6.07 Å². The summed E-state index contributed by atoms with van der Waals surface area (Å²) in [6.07, 6.45) is 1.61. The third kappa shape index (κ3) is 1.69. The lowest BCUT2D eigenvalue weighted by molar-refractivity contribution is 0.163. The van der Waals surface area contributed by atoms with Crippen LogP contribution in [0.4, 0.5) is 5.69 Å². The molecule has 0 radical (unpaired) electrons. The molecular formula is C18H16N2O2. The molecule has 1 aliphatic carbocycles. The highest BCUT2D eigenvalue weighted by molar-refractivity contribution is 5.65. The van der Waals surface area contributed by atoms with Crippen LogP contribution in [-0.2, 0) is 12.8 Å². The van der Waals surface area contributed by atoms with Crippen molar-refractivity contribution in [3.8, 4) is 17.6 Å². The quantitative estimate of drug-likeness (QED) is 0.732. The van der Waals surface area contributed by atoms with Gasteiger partial charge in [0, 0.05) is 12.3 Å². The molecule has 0 spiro atoms. The number of phenolic OH excluding ortho intramolecular Hbond substituents is 1. The molecule has 2 aromatic rings. The molecule has 22 heavy (non-hydrogen) atoms. The number of nitrogens with zero attached hydrogens (tertiary/aromatic N) is 1. The van der Waals surface area contributed by atoms with Crippen LogP contribution in [0.3, 0.4) is 0 Å². The molecule has 4 heteroatoms. The van der Waals surface area contributed by atoms with E-state index in [2.05, 4.69) is 12.1 Å². The Morgan fingerprint density at radius 1 is 1.27 bits per heavy atom. The number of aromatic hydroxyl groups is 1. The third-order valence-electron chi connectivity index (χ3n) is 4.82. The summed E-state index contributed by atoms with van der Waals surface area (Å²) in [5, 5.41) is 19.2. The fourth-order valence-electron chi connectivity index (χ4n) is 3.65. The zero-order valence-corrected chi connectivity index (χ0v) is 12.3. The Morgan fingerprint density at radius 2 is 2.09 bits per heavy atom. The highest BCUT2D eigenvalue weighted by Crippen LogP contribution is 2.46. The second-order valence-electron chi connectivity index (χ2n) is 6.14. The van der Waals surface area contributed by atoms with Gasteiger partial charge in [0.15, 0.2) is 0 Å². The minimum absolute atomic E-state index is 0.0117. The van der Waals surface area contributed by atoms with Crippen LogP contribution in [0.2, 0.25) is 0 Å². The van der Waals surface area contributed by atoms with Gasteiger partial charge in [-0.2, -0.15) is 5.26 Å². The number of anilines is 1. The SMILES string of the molecule is Cc1cc2c(cc1O)CC1Oc3c(ccc(N)c3C#N)CC21. The van der Waals surface area contributed by atoms with E-state index >= 15 is 0 Å². The van der Waals surface area contributed by atoms with E-state index in [-0.39, 0.29) is 12.0 Å². The number of rotatable bonds is 0. The van der Waals surface area contributed by atoms with E-state index in [1.165, 1.54) is 5.56 Å². The minimum atomic E-state index is 0.0117. The van der Waals surface area contributed by atoms with Gasteiger partial charge in [0.25, 0.3) is 0 Å². The van der Waals surface area contributed by atoms with Gasteiger partial charge >= 0.3 is 0 Å². The smallest absolute Gasteiger partial charge is 0.142 e. The molecule has 2 aliphatic rings. The number of ether oxygens (including phenoxy) is 1. The number of benzene rings is 2. The lowest BCUT2D eigenvalue weighted by Gasteiger charge is -2.30. The molecule has 0 fully saturated rings. The average molecular weight is 292 g/mol. The largest absolute Gasteiger partial charge is 0.508 e. The van der Waals surface area contributed by atoms with Crippen LogP contribution < -0.4 is 10.5 Å². The van der Waals surface area contributed by atoms with Crippen molar-refractivity contribution in [2.75, 3.05) is 5.73 Å². The van der Waals surface area contributed by atoms with Gasteiger partial charge in [-0.15, -0.1) is 0 Å². The highest BCUT2D eigenvalue weighted by atomic mass is 16.5. The average Bonchev–Trinajstić information content (AvgIpc) is 2.82. The van der Waals surface area contributed by atoms with E-state index in [9.17, 15) is 10.4 Å². The van der Waals surface area contributed by atoms with E-state index in [0.717, 1.165) is 29.5 Å². The Balaban J connectivity index is 1.80. The molecule has 1 heterocycles. The molecule has 110 valence electrons. The van der Waals surface area contributed by atoms with Crippen LogP contribution >= 0.6 is 0 Å². The molecule has 2 unspecified atom stereocenters. The van der Waals surface area contributed by atoms with Gasteiger partial charge in [-0.3, -0.25) is 0 Å². The summed E-state index contributed by atoms with van der Waals surface area (Å²) in [6, 6.07) is 9.79. The Bertz CT molecular complexity index is 836. The molecule has 0 amide bonds. The number of hydrogen-bond donors (Lipinski definition) is 2. The van der Waals surface area contributed by atoms with Crippen LogP contribution in [0, 0.1) is 18.3 Å². The molecule has 3 N–H and O–H groups in total. The van der Waals surface area contributed by atoms with Crippen LogP contribution in [0.5, 0.6) is 11.5 Å². The molecule has 4 nitrogen and oxygen atoms in total. The van der Waals surface area contributed by atoms with E-state index < -0.39 is 0 Å². The Morgan fingerprint density at radius 3 is 2.86 bits per heavy atom. The Labute approximate surface area is 128 Å². The van der Waals surface area contributed by atoms with Gasteiger partial charge in [0.05, 0.1) is 5.69 Å². The molecular weight excluding hydrogens is 276 g/mol. The van der Waals surface area contributed by atoms with Crippen molar-refractivity contribution in [1.82, 2.24) is 0 Å². The first-order valence-electron chi connectivity index (χ1n) is 7.39. The summed E-state index contributed by atoms with van der Waals surface area (Å²) >= 11 is 0. The first kappa shape index (κ1) is 13.0. The van der Waals surface area contributed by atoms with Gasteiger partial charge in [-0.1, -0.05) is 12.1 Å². The van der Waals surface area contributed by atoms with Crippen molar-refractivity contribution in [3.05, 3.63) is 52.1 Å². The number of phenols is 1. The molecule has 0 bridgehead atoms. The topological polar surface area (TPSA) is 79.3 Å². The molecule has 4 rings (SSSR count). The van der Waals surface area contributed by atoms with Gasteiger partial charge in [0.2, 0.25) is 0 Å². The van der Waals surface area contributed by atoms with Crippen LogP contribution in [0.1, 0.15) is 33.7 Å². The van der Waals surface area contributed by atoms with Gasteiger partial charge in [-0.25, -0.2) is 0 Å². The maximum absolute atomic E-state index is 9.91. The number of nitrogen functional groups attached to an aromatic ring is 1. The maximum atomic E-state index is 9.91. The van der Waals surface area contributed by atoms with Crippen molar-refractivity contribution in [2.45, 2.75) is 31.8 Å². The lowest BCUT2D eigenvalue weighted by Crippen LogP contribution is -2.29. The van der Waals surface area contributed by atoms with E-state index in [1.807, 2.05) is 19.1 Å². The summed E-state index contributed by atoms with van der Waals surface area (Å²) in [7, 11) is 0. The molecule has 0 saturated carbocycles. The van der Waals surface area contributed by atoms with E-state index in [0.29, 0.717) is 22.7 Å². The molecule has 2 aromatic carbocycles. The van der Waals surface area contributed by atoms with Gasteiger partial charge in [-0.05, 0) is 47.7 Å². The number of fused-ring (bicyclic) bond motifs is 4. The maximum Gasteiger partial charge on any atom is 0.142 e. The van der Waals surface area contributed by atoms with Gasteiger partial charge < -0.3 is 15.6 Å². The minimum Gasteiger partial charge on any atom is -0.508 e. The fourth-order valence-corrected chi connectivity index (χ4v) is 3.65. The fraction of sp³-hybridized carbons (Fsp3) is 0.278. The first-order valence-corrected chi connectivity index (χ1v) is 7.39. The molecule has 1 aliphatic heterocycles. The third-order valence-corrected chi connectivity index (χ3v) is 4.82. The van der Waals surface area contributed by atoms with Crippen molar-refractivity contribution >= 4 is 5.69 Å². The second kappa shape index (κ2) is 4.41. The summed E-state index contributed by atoms with van der Waals surface area (Å²) in [5.41, 5.74) is 11.1. The zero-order valence-electron chi connectivity index (χ0n) is 12.3. The predicted molar refractivity (Wildman–Crippen MR) is 83.0 cm³/mol. The van der Waals surface area contributed by atoms with Crippen molar-refractivity contribution in [2.24, 2.45) is 0 Å². The lowest BCUT2D eigenvalue weighted by atomic mass is 9.87. The van der Waals surface area contributed by atoms with Crippen LogP contribution in [0.15, 0.2) is 24.3 Å². The number of nitriles is 1. The highest BCUT2D eigenvalue weighted by Gasteiger charge is 2.39. The zero-order chi connectivity index (χ0) is 15.4. The summed E-state index contributed by atoms with van der Waals surface area (Å²) < 4.78 is 6.14. The number of nitrogens with two attached hydrogens (primary N) is 1. The molecule has 2 atom stereocenters. The summed E-state index contributed by atoms with van der Waals surface area (Å²) in [4.78, 5) is 0. The monoisotopic (exact) mass is 292 g/mol. The summed E-state index contributed by atoms with van der Waals surface area (Å²) in [6.45, 7) is 1.91. The van der Waals surface area contributed by atoms with Crippen LogP contribution in [0.25, 0.3) is 0 Å². The van der Waals surface area contributed by atoms with Crippen LogP contribution in [-0.4, -0.2) is 11.2 Å². The first-order chi connectivity index (χ1) is 10.6. The summed E-state index contributed by atoms with van der Waals surface area (Å²) in [5.74, 6) is 1.24. The van der Waals surface area contributed by atoms with Crippen molar-refractivity contribution in [1.29, 1.82) is 5.26 Å².